The minimum atomic E-state index is 0.121. The van der Waals surface area contributed by atoms with Crippen molar-refractivity contribution in [1.82, 2.24) is 4.98 Å². The summed E-state index contributed by atoms with van der Waals surface area (Å²) in [6.45, 7) is 11.1. The fourth-order valence-corrected chi connectivity index (χ4v) is 2.01. The van der Waals surface area contributed by atoms with Crippen LogP contribution in [0.2, 0.25) is 0 Å². The molecule has 0 amide bonds. The van der Waals surface area contributed by atoms with Crippen LogP contribution in [0.4, 0.5) is 0 Å². The standard InChI is InChI=1S/C13H20BrN/c1-9(2)6-10-7-11(13(3,4)5)15-12(14)8-10/h7-9H,6H2,1-5H3. The molecule has 0 N–H and O–H groups in total. The number of aromatic nitrogens is 1. The number of pyridine rings is 1. The van der Waals surface area contributed by atoms with Crippen molar-refractivity contribution < 1.29 is 0 Å². The van der Waals surface area contributed by atoms with E-state index in [0.29, 0.717) is 5.92 Å². The molecule has 1 aromatic heterocycles. The van der Waals surface area contributed by atoms with Gasteiger partial charge in [0.1, 0.15) is 4.60 Å². The first-order valence-electron chi connectivity index (χ1n) is 5.46. The molecule has 1 aromatic rings. The van der Waals surface area contributed by atoms with Gasteiger partial charge in [0.05, 0.1) is 0 Å². The smallest absolute Gasteiger partial charge is 0.106 e. The lowest BCUT2D eigenvalue weighted by Crippen LogP contribution is -2.14. The van der Waals surface area contributed by atoms with E-state index >= 15 is 0 Å². The van der Waals surface area contributed by atoms with Gasteiger partial charge in [-0.3, -0.25) is 0 Å². The van der Waals surface area contributed by atoms with Crippen molar-refractivity contribution in [2.24, 2.45) is 5.92 Å². The third-order valence-corrected chi connectivity index (χ3v) is 2.67. The Morgan fingerprint density at radius 3 is 2.33 bits per heavy atom. The van der Waals surface area contributed by atoms with Gasteiger partial charge in [-0.15, -0.1) is 0 Å². The first-order valence-corrected chi connectivity index (χ1v) is 6.25. The van der Waals surface area contributed by atoms with E-state index in [1.807, 2.05) is 0 Å². The molecule has 15 heavy (non-hydrogen) atoms. The summed E-state index contributed by atoms with van der Waals surface area (Å²) in [4.78, 5) is 4.53. The van der Waals surface area contributed by atoms with Crippen molar-refractivity contribution in [2.75, 3.05) is 0 Å². The van der Waals surface area contributed by atoms with Crippen LogP contribution in [0.25, 0.3) is 0 Å². The Kier molecular flexibility index (Phi) is 3.93. The average molecular weight is 270 g/mol. The molecule has 84 valence electrons. The fourth-order valence-electron chi connectivity index (χ4n) is 1.52. The van der Waals surface area contributed by atoms with E-state index in [1.165, 1.54) is 5.56 Å². The number of rotatable bonds is 2. The molecule has 0 aliphatic heterocycles. The molecular formula is C13H20BrN. The SMILES string of the molecule is CC(C)Cc1cc(Br)nc(C(C)(C)C)c1. The molecule has 0 unspecified atom stereocenters. The van der Waals surface area contributed by atoms with Crippen LogP contribution in [-0.4, -0.2) is 4.98 Å². The fraction of sp³-hybridized carbons (Fsp3) is 0.615. The van der Waals surface area contributed by atoms with E-state index in [4.69, 9.17) is 0 Å². The number of nitrogens with zero attached hydrogens (tertiary/aromatic N) is 1. The summed E-state index contributed by atoms with van der Waals surface area (Å²) in [6.07, 6.45) is 1.12. The van der Waals surface area contributed by atoms with Crippen molar-refractivity contribution >= 4 is 15.9 Å². The normalized spacial score (nSPS) is 12.2. The van der Waals surface area contributed by atoms with Crippen molar-refractivity contribution in [3.05, 3.63) is 28.0 Å². The Bertz CT molecular complexity index is 337. The largest absolute Gasteiger partial charge is 0.245 e. The highest BCUT2D eigenvalue weighted by molar-refractivity contribution is 9.10. The Morgan fingerprint density at radius 1 is 1.27 bits per heavy atom. The summed E-state index contributed by atoms with van der Waals surface area (Å²) in [5.74, 6) is 0.687. The van der Waals surface area contributed by atoms with E-state index in [9.17, 15) is 0 Å². The maximum Gasteiger partial charge on any atom is 0.106 e. The molecule has 0 aliphatic rings. The third-order valence-electron chi connectivity index (χ3n) is 2.27. The zero-order chi connectivity index (χ0) is 11.6. The molecule has 0 atom stereocenters. The Morgan fingerprint density at radius 2 is 1.87 bits per heavy atom. The molecule has 1 nitrogen and oxygen atoms in total. The van der Waals surface area contributed by atoms with Gasteiger partial charge in [-0.25, -0.2) is 4.98 Å². The minimum Gasteiger partial charge on any atom is -0.245 e. The van der Waals surface area contributed by atoms with Crippen molar-refractivity contribution in [2.45, 2.75) is 46.5 Å². The quantitative estimate of drug-likeness (QED) is 0.728. The summed E-state index contributed by atoms with van der Waals surface area (Å²) in [5, 5.41) is 0. The second kappa shape index (κ2) is 4.65. The third kappa shape index (κ3) is 3.94. The van der Waals surface area contributed by atoms with Gasteiger partial charge in [0, 0.05) is 11.1 Å². The van der Waals surface area contributed by atoms with Gasteiger partial charge in [-0.2, -0.15) is 0 Å². The second-order valence-electron chi connectivity index (χ2n) is 5.53. The van der Waals surface area contributed by atoms with Gasteiger partial charge < -0.3 is 0 Å². The van der Waals surface area contributed by atoms with E-state index in [1.54, 1.807) is 0 Å². The molecule has 0 spiro atoms. The van der Waals surface area contributed by atoms with Crippen LogP contribution < -0.4 is 0 Å². The lowest BCUT2D eigenvalue weighted by Gasteiger charge is -2.19. The highest BCUT2D eigenvalue weighted by Crippen LogP contribution is 2.24. The van der Waals surface area contributed by atoms with Crippen molar-refractivity contribution in [3.8, 4) is 0 Å². The first kappa shape index (κ1) is 12.7. The minimum absolute atomic E-state index is 0.121. The van der Waals surface area contributed by atoms with E-state index in [-0.39, 0.29) is 5.41 Å². The summed E-state index contributed by atoms with van der Waals surface area (Å²) in [6, 6.07) is 4.35. The average Bonchev–Trinajstić information content (AvgIpc) is 1.99. The predicted octanol–water partition coefficient (Wildman–Crippen LogP) is 4.34. The molecule has 0 aromatic carbocycles. The number of hydrogen-bond acceptors (Lipinski definition) is 1. The van der Waals surface area contributed by atoms with E-state index < -0.39 is 0 Å². The molecule has 0 radical (unpaired) electrons. The Labute approximate surface area is 101 Å². The van der Waals surface area contributed by atoms with Crippen LogP contribution in [0.1, 0.15) is 45.9 Å². The second-order valence-corrected chi connectivity index (χ2v) is 6.34. The maximum absolute atomic E-state index is 4.53. The summed E-state index contributed by atoms with van der Waals surface area (Å²) >= 11 is 3.48. The van der Waals surface area contributed by atoms with Crippen LogP contribution in [0.3, 0.4) is 0 Å². The molecule has 2 heteroatoms. The highest BCUT2D eigenvalue weighted by Gasteiger charge is 2.16. The summed E-state index contributed by atoms with van der Waals surface area (Å²) < 4.78 is 0.950. The summed E-state index contributed by atoms with van der Waals surface area (Å²) in [7, 11) is 0. The van der Waals surface area contributed by atoms with Crippen LogP contribution >= 0.6 is 15.9 Å². The molecule has 0 saturated carbocycles. The molecular weight excluding hydrogens is 250 g/mol. The monoisotopic (exact) mass is 269 g/mol. The van der Waals surface area contributed by atoms with E-state index in [0.717, 1.165) is 16.7 Å². The topological polar surface area (TPSA) is 12.9 Å². The van der Waals surface area contributed by atoms with Crippen molar-refractivity contribution in [1.29, 1.82) is 0 Å². The van der Waals surface area contributed by atoms with E-state index in [2.05, 4.69) is 67.7 Å². The zero-order valence-corrected chi connectivity index (χ0v) is 11.9. The molecule has 0 bridgehead atoms. The predicted molar refractivity (Wildman–Crippen MR) is 69.2 cm³/mol. The lowest BCUT2D eigenvalue weighted by atomic mass is 9.90. The van der Waals surface area contributed by atoms with Gasteiger partial charge in [0.15, 0.2) is 0 Å². The van der Waals surface area contributed by atoms with Gasteiger partial charge in [-0.1, -0.05) is 34.6 Å². The highest BCUT2D eigenvalue weighted by atomic mass is 79.9. The molecule has 1 heterocycles. The maximum atomic E-state index is 4.53. The van der Waals surface area contributed by atoms with Crippen LogP contribution in [0.5, 0.6) is 0 Å². The van der Waals surface area contributed by atoms with Gasteiger partial charge in [0.2, 0.25) is 0 Å². The van der Waals surface area contributed by atoms with Gasteiger partial charge in [-0.05, 0) is 46.0 Å². The zero-order valence-electron chi connectivity index (χ0n) is 10.3. The van der Waals surface area contributed by atoms with Crippen LogP contribution in [0.15, 0.2) is 16.7 Å². The Hall–Kier alpha value is -0.370. The summed E-state index contributed by atoms with van der Waals surface area (Å²) in [5.41, 5.74) is 2.65. The van der Waals surface area contributed by atoms with Gasteiger partial charge in [0.25, 0.3) is 0 Å². The van der Waals surface area contributed by atoms with Crippen LogP contribution in [-0.2, 0) is 11.8 Å². The van der Waals surface area contributed by atoms with Crippen molar-refractivity contribution in [3.63, 3.8) is 0 Å². The molecule has 1 rings (SSSR count). The lowest BCUT2D eigenvalue weighted by molar-refractivity contribution is 0.563. The van der Waals surface area contributed by atoms with Crippen LogP contribution in [0, 0.1) is 5.92 Å². The molecule has 0 saturated heterocycles. The Balaban J connectivity index is 3.06. The number of hydrogen-bond donors (Lipinski definition) is 0. The molecule has 0 aliphatic carbocycles. The molecule has 0 fully saturated rings. The number of halogens is 1. The first-order chi connectivity index (χ1) is 6.79. The van der Waals surface area contributed by atoms with Gasteiger partial charge >= 0.3 is 0 Å².